The summed E-state index contributed by atoms with van der Waals surface area (Å²) >= 11 is 0. The summed E-state index contributed by atoms with van der Waals surface area (Å²) in [5.41, 5.74) is 2.60. The summed E-state index contributed by atoms with van der Waals surface area (Å²) in [6.07, 6.45) is 5.11. The van der Waals surface area contributed by atoms with Crippen molar-refractivity contribution in [2.24, 2.45) is 5.92 Å². The Kier molecular flexibility index (Phi) is 7.88. The van der Waals surface area contributed by atoms with Crippen molar-refractivity contribution in [1.82, 2.24) is 10.2 Å². The van der Waals surface area contributed by atoms with E-state index < -0.39 is 0 Å². The van der Waals surface area contributed by atoms with Gasteiger partial charge in [-0.25, -0.2) is 0 Å². The van der Waals surface area contributed by atoms with Crippen LogP contribution in [0.25, 0.3) is 0 Å². The van der Waals surface area contributed by atoms with E-state index in [9.17, 15) is 4.79 Å². The van der Waals surface area contributed by atoms with Crippen molar-refractivity contribution in [3.63, 3.8) is 0 Å². The molecule has 29 heavy (non-hydrogen) atoms. The molecule has 3 heteroatoms. The molecule has 1 amide bonds. The van der Waals surface area contributed by atoms with Crippen molar-refractivity contribution in [1.29, 1.82) is 0 Å². The minimum atomic E-state index is 0.207. The summed E-state index contributed by atoms with van der Waals surface area (Å²) in [7, 11) is 0. The molecule has 1 N–H and O–H groups in total. The van der Waals surface area contributed by atoms with Gasteiger partial charge < -0.3 is 5.32 Å². The van der Waals surface area contributed by atoms with E-state index >= 15 is 0 Å². The topological polar surface area (TPSA) is 32.3 Å². The number of carbonyl (C=O) groups excluding carboxylic acids is 1. The SMILES string of the molecule is CCC[C@@H](C)[C@@H](CC(=O)NC1CC1)N(Cc1ccccc1)[C@@H](C)c1ccccc1. The highest BCUT2D eigenvalue weighted by Crippen LogP contribution is 2.31. The summed E-state index contributed by atoms with van der Waals surface area (Å²) in [6, 6.07) is 22.2. The Morgan fingerprint density at radius 2 is 1.66 bits per heavy atom. The first-order valence-electron chi connectivity index (χ1n) is 11.2. The van der Waals surface area contributed by atoms with E-state index in [2.05, 4.69) is 91.7 Å². The zero-order valence-corrected chi connectivity index (χ0v) is 18.2. The molecule has 2 aromatic carbocycles. The van der Waals surface area contributed by atoms with Crippen LogP contribution in [0.15, 0.2) is 60.7 Å². The number of hydrogen-bond donors (Lipinski definition) is 1. The van der Waals surface area contributed by atoms with Crippen LogP contribution < -0.4 is 5.32 Å². The van der Waals surface area contributed by atoms with Crippen molar-refractivity contribution in [3.05, 3.63) is 71.8 Å². The van der Waals surface area contributed by atoms with Gasteiger partial charge >= 0.3 is 0 Å². The number of hydrogen-bond acceptors (Lipinski definition) is 2. The highest BCUT2D eigenvalue weighted by Gasteiger charge is 2.32. The summed E-state index contributed by atoms with van der Waals surface area (Å²) in [6.45, 7) is 7.68. The lowest BCUT2D eigenvalue weighted by atomic mass is 9.90. The maximum absolute atomic E-state index is 12.8. The van der Waals surface area contributed by atoms with Gasteiger partial charge in [-0.15, -0.1) is 0 Å². The summed E-state index contributed by atoms with van der Waals surface area (Å²) in [4.78, 5) is 15.3. The zero-order valence-electron chi connectivity index (χ0n) is 18.2. The number of rotatable bonds is 11. The van der Waals surface area contributed by atoms with E-state index in [0.717, 1.165) is 32.2 Å². The van der Waals surface area contributed by atoms with Gasteiger partial charge in [-0.05, 0) is 43.2 Å². The number of benzene rings is 2. The van der Waals surface area contributed by atoms with Crippen molar-refractivity contribution >= 4 is 5.91 Å². The molecule has 3 atom stereocenters. The Balaban J connectivity index is 1.87. The number of amides is 1. The Bertz CT molecular complexity index is 742. The molecule has 0 saturated heterocycles. The van der Waals surface area contributed by atoms with Gasteiger partial charge in [0.15, 0.2) is 0 Å². The fourth-order valence-electron chi connectivity index (χ4n) is 4.26. The van der Waals surface area contributed by atoms with Crippen LogP contribution in [0.4, 0.5) is 0 Å². The molecule has 0 aliphatic heterocycles. The molecule has 1 saturated carbocycles. The van der Waals surface area contributed by atoms with Crippen LogP contribution in [0.5, 0.6) is 0 Å². The first kappa shape index (κ1) is 21.6. The molecule has 3 nitrogen and oxygen atoms in total. The lowest BCUT2D eigenvalue weighted by Crippen LogP contribution is -2.44. The van der Waals surface area contributed by atoms with Crippen LogP contribution in [0, 0.1) is 5.92 Å². The van der Waals surface area contributed by atoms with Gasteiger partial charge in [-0.3, -0.25) is 9.69 Å². The lowest BCUT2D eigenvalue weighted by molar-refractivity contribution is -0.123. The predicted molar refractivity (Wildman–Crippen MR) is 120 cm³/mol. The molecule has 0 spiro atoms. The highest BCUT2D eigenvalue weighted by atomic mass is 16.1. The summed E-state index contributed by atoms with van der Waals surface area (Å²) in [5.74, 6) is 0.665. The molecular formula is C26H36N2O. The molecule has 1 aliphatic rings. The third-order valence-corrected chi connectivity index (χ3v) is 6.15. The smallest absolute Gasteiger partial charge is 0.221 e. The quantitative estimate of drug-likeness (QED) is 0.530. The Morgan fingerprint density at radius 3 is 2.24 bits per heavy atom. The van der Waals surface area contributed by atoms with E-state index in [4.69, 9.17) is 0 Å². The largest absolute Gasteiger partial charge is 0.353 e. The fraction of sp³-hybridized carbons (Fsp3) is 0.500. The standard InChI is InChI=1S/C26H36N2O/c1-4-11-20(2)25(18-26(29)27-24-16-17-24)28(19-22-12-7-5-8-13-22)21(3)23-14-9-6-10-15-23/h5-10,12-15,20-21,24-25H,4,11,16-19H2,1-3H3,(H,27,29)/t20-,21+,25-/m1/s1. The van der Waals surface area contributed by atoms with Crippen LogP contribution in [-0.2, 0) is 11.3 Å². The van der Waals surface area contributed by atoms with Gasteiger partial charge in [0.2, 0.25) is 5.91 Å². The number of nitrogens with zero attached hydrogens (tertiary/aromatic N) is 1. The molecule has 2 aromatic rings. The predicted octanol–water partition coefficient (Wildman–Crippen LogP) is 5.72. The third-order valence-electron chi connectivity index (χ3n) is 6.15. The molecule has 0 bridgehead atoms. The van der Waals surface area contributed by atoms with Crippen molar-refractivity contribution < 1.29 is 4.79 Å². The highest BCUT2D eigenvalue weighted by molar-refractivity contribution is 5.77. The fourth-order valence-corrected chi connectivity index (χ4v) is 4.26. The first-order valence-corrected chi connectivity index (χ1v) is 11.2. The van der Waals surface area contributed by atoms with Crippen LogP contribution in [0.1, 0.15) is 70.0 Å². The molecular weight excluding hydrogens is 356 g/mol. The third kappa shape index (κ3) is 6.43. The molecule has 156 valence electrons. The monoisotopic (exact) mass is 392 g/mol. The van der Waals surface area contributed by atoms with Gasteiger partial charge in [0.25, 0.3) is 0 Å². The first-order chi connectivity index (χ1) is 14.1. The summed E-state index contributed by atoms with van der Waals surface area (Å²) < 4.78 is 0. The van der Waals surface area contributed by atoms with Crippen molar-refractivity contribution in [2.45, 2.75) is 77.5 Å². The van der Waals surface area contributed by atoms with Gasteiger partial charge in [0, 0.05) is 31.1 Å². The summed E-state index contributed by atoms with van der Waals surface area (Å²) in [5, 5.41) is 3.21. The Morgan fingerprint density at radius 1 is 1.03 bits per heavy atom. The Hall–Kier alpha value is -2.13. The molecule has 1 aliphatic carbocycles. The van der Waals surface area contributed by atoms with Crippen molar-refractivity contribution in [3.8, 4) is 0 Å². The second-order valence-electron chi connectivity index (χ2n) is 8.62. The van der Waals surface area contributed by atoms with E-state index in [1.165, 1.54) is 11.1 Å². The maximum atomic E-state index is 12.8. The number of carbonyl (C=O) groups is 1. The molecule has 1 fully saturated rings. The lowest BCUT2D eigenvalue weighted by Gasteiger charge is -2.40. The van der Waals surface area contributed by atoms with E-state index in [0.29, 0.717) is 18.4 Å². The molecule has 0 heterocycles. The van der Waals surface area contributed by atoms with E-state index in [1.807, 2.05) is 0 Å². The van der Waals surface area contributed by atoms with E-state index in [-0.39, 0.29) is 18.0 Å². The van der Waals surface area contributed by atoms with Crippen LogP contribution in [0.3, 0.4) is 0 Å². The maximum Gasteiger partial charge on any atom is 0.221 e. The van der Waals surface area contributed by atoms with Crippen LogP contribution in [0.2, 0.25) is 0 Å². The molecule has 0 unspecified atom stereocenters. The molecule has 3 rings (SSSR count). The van der Waals surface area contributed by atoms with Gasteiger partial charge in [-0.1, -0.05) is 80.9 Å². The molecule has 0 aromatic heterocycles. The van der Waals surface area contributed by atoms with Crippen LogP contribution in [-0.4, -0.2) is 22.9 Å². The number of nitrogens with one attached hydrogen (secondary N) is 1. The average Bonchev–Trinajstić information content (AvgIpc) is 3.55. The average molecular weight is 393 g/mol. The Labute approximate surface area is 176 Å². The molecule has 0 radical (unpaired) electrons. The van der Waals surface area contributed by atoms with Crippen molar-refractivity contribution in [2.75, 3.05) is 0 Å². The van der Waals surface area contributed by atoms with E-state index in [1.54, 1.807) is 0 Å². The second kappa shape index (κ2) is 10.6. The normalized spacial score (nSPS) is 17.0. The van der Waals surface area contributed by atoms with Gasteiger partial charge in [-0.2, -0.15) is 0 Å². The second-order valence-corrected chi connectivity index (χ2v) is 8.62. The zero-order chi connectivity index (χ0) is 20.6. The minimum Gasteiger partial charge on any atom is -0.353 e. The minimum absolute atomic E-state index is 0.207. The van der Waals surface area contributed by atoms with Gasteiger partial charge in [0.05, 0.1) is 0 Å². The van der Waals surface area contributed by atoms with Gasteiger partial charge in [0.1, 0.15) is 0 Å². The van der Waals surface area contributed by atoms with Crippen LogP contribution >= 0.6 is 0 Å².